The molecule has 1 aliphatic heterocycles. The molecule has 0 unspecified atom stereocenters. The van der Waals surface area contributed by atoms with Crippen molar-refractivity contribution in [1.82, 2.24) is 10.2 Å². The smallest absolute Gasteiger partial charge is 0.317 e. The van der Waals surface area contributed by atoms with E-state index in [0.29, 0.717) is 13.0 Å². The highest BCUT2D eigenvalue weighted by Crippen LogP contribution is 2.29. The second-order valence-corrected chi connectivity index (χ2v) is 7.27. The molecule has 110 valence electrons. The number of nitrogens with one attached hydrogen (secondary N) is 1. The van der Waals surface area contributed by atoms with Crippen molar-refractivity contribution >= 4 is 23.8 Å². The van der Waals surface area contributed by atoms with E-state index in [1.165, 1.54) is 0 Å². The lowest BCUT2D eigenvalue weighted by molar-refractivity contribution is -0.137. The van der Waals surface area contributed by atoms with Gasteiger partial charge in [0, 0.05) is 36.6 Å². The first-order chi connectivity index (χ1) is 8.91. The zero-order chi connectivity index (χ0) is 14.3. The number of carbonyl (C=O) groups is 2. The largest absolute Gasteiger partial charge is 0.481 e. The second-order valence-electron chi connectivity index (χ2n) is 5.47. The summed E-state index contributed by atoms with van der Waals surface area (Å²) in [6.07, 6.45) is 2.57. The molecule has 0 aromatic carbocycles. The fourth-order valence-corrected chi connectivity index (χ4v) is 3.19. The van der Waals surface area contributed by atoms with Gasteiger partial charge in [0.1, 0.15) is 0 Å². The van der Waals surface area contributed by atoms with Crippen molar-refractivity contribution in [3.63, 3.8) is 0 Å². The third-order valence-electron chi connectivity index (χ3n) is 3.06. The number of urea groups is 1. The van der Waals surface area contributed by atoms with Gasteiger partial charge in [0.15, 0.2) is 0 Å². The number of carboxylic acid groups (broad SMARTS) is 1. The Labute approximate surface area is 119 Å². The summed E-state index contributed by atoms with van der Waals surface area (Å²) in [5.41, 5.74) is 0. The maximum atomic E-state index is 11.9. The highest BCUT2D eigenvalue weighted by Gasteiger charge is 2.29. The molecule has 2 N–H and O–H groups in total. The Morgan fingerprint density at radius 1 is 1.32 bits per heavy atom. The topological polar surface area (TPSA) is 69.6 Å². The quantitative estimate of drug-likeness (QED) is 0.735. The van der Waals surface area contributed by atoms with Crippen molar-refractivity contribution in [2.75, 3.05) is 25.4 Å². The molecule has 1 heterocycles. The summed E-state index contributed by atoms with van der Waals surface area (Å²) in [7, 11) is 0. The number of hydrogen-bond acceptors (Lipinski definition) is 3. The number of amides is 2. The summed E-state index contributed by atoms with van der Waals surface area (Å²) in [6.45, 7) is 6.52. The molecule has 0 atom stereocenters. The van der Waals surface area contributed by atoms with Crippen LogP contribution in [0.3, 0.4) is 0 Å². The van der Waals surface area contributed by atoms with Crippen molar-refractivity contribution in [3.05, 3.63) is 0 Å². The van der Waals surface area contributed by atoms with Crippen LogP contribution in [0.2, 0.25) is 0 Å². The lowest BCUT2D eigenvalue weighted by atomic mass is 10.2. The van der Waals surface area contributed by atoms with Crippen LogP contribution in [0.4, 0.5) is 4.79 Å². The first kappa shape index (κ1) is 16.1. The molecule has 0 radical (unpaired) electrons. The van der Waals surface area contributed by atoms with E-state index in [9.17, 15) is 9.59 Å². The molecule has 0 aromatic heterocycles. The molecular formula is C13H24N2O3S. The third kappa shape index (κ3) is 6.71. The average Bonchev–Trinajstić information content (AvgIpc) is 2.31. The minimum absolute atomic E-state index is 0.00612. The fourth-order valence-electron chi connectivity index (χ4n) is 2.07. The van der Waals surface area contributed by atoms with Crippen LogP contribution in [0.1, 0.15) is 39.5 Å². The van der Waals surface area contributed by atoms with Gasteiger partial charge in [0.25, 0.3) is 0 Å². The molecule has 0 aliphatic carbocycles. The third-order valence-corrected chi connectivity index (χ3v) is 4.35. The molecule has 1 rings (SSSR count). The maximum absolute atomic E-state index is 11.9. The Kier molecular flexibility index (Phi) is 6.48. The Morgan fingerprint density at radius 2 is 2.05 bits per heavy atom. The molecule has 2 amide bonds. The van der Waals surface area contributed by atoms with Crippen LogP contribution in [-0.4, -0.2) is 52.1 Å². The Hall–Kier alpha value is -0.910. The molecule has 0 spiro atoms. The van der Waals surface area contributed by atoms with Gasteiger partial charge in [-0.1, -0.05) is 6.42 Å². The van der Waals surface area contributed by atoms with Crippen molar-refractivity contribution in [1.29, 1.82) is 0 Å². The summed E-state index contributed by atoms with van der Waals surface area (Å²) < 4.78 is 0.136. The molecule has 19 heavy (non-hydrogen) atoms. The number of carbonyl (C=O) groups excluding carboxylic acids is 1. The predicted octanol–water partition coefficient (Wildman–Crippen LogP) is 2.17. The molecule has 1 saturated heterocycles. The average molecular weight is 288 g/mol. The van der Waals surface area contributed by atoms with Crippen LogP contribution < -0.4 is 5.32 Å². The molecule has 0 saturated carbocycles. The minimum atomic E-state index is -0.753. The molecule has 1 aliphatic rings. The first-order valence-corrected chi connectivity index (χ1v) is 7.78. The lowest BCUT2D eigenvalue weighted by Gasteiger charge is -2.37. The van der Waals surface area contributed by atoms with Gasteiger partial charge >= 0.3 is 12.0 Å². The van der Waals surface area contributed by atoms with E-state index in [-0.39, 0.29) is 17.2 Å². The zero-order valence-electron chi connectivity index (χ0n) is 11.8. The summed E-state index contributed by atoms with van der Waals surface area (Å²) in [4.78, 5) is 24.1. The summed E-state index contributed by atoms with van der Waals surface area (Å²) in [6, 6.07) is 0.00612. The van der Waals surface area contributed by atoms with Gasteiger partial charge in [0.05, 0.1) is 0 Å². The number of rotatable bonds is 6. The van der Waals surface area contributed by atoms with E-state index < -0.39 is 5.97 Å². The number of aliphatic carboxylic acids is 1. The van der Waals surface area contributed by atoms with Crippen LogP contribution in [0, 0.1) is 0 Å². The van der Waals surface area contributed by atoms with Crippen molar-refractivity contribution in [2.45, 2.75) is 44.3 Å². The molecule has 6 heteroatoms. The van der Waals surface area contributed by atoms with Gasteiger partial charge in [-0.2, -0.15) is 11.8 Å². The van der Waals surface area contributed by atoms with Gasteiger partial charge < -0.3 is 15.3 Å². The Balaban J connectivity index is 2.12. The maximum Gasteiger partial charge on any atom is 0.317 e. The van der Waals surface area contributed by atoms with Crippen LogP contribution >= 0.6 is 11.8 Å². The summed E-state index contributed by atoms with van der Waals surface area (Å²) >= 11 is 1.90. The second kappa shape index (κ2) is 7.62. The van der Waals surface area contributed by atoms with E-state index in [1.807, 2.05) is 16.7 Å². The highest BCUT2D eigenvalue weighted by atomic mass is 32.2. The molecule has 5 nitrogen and oxygen atoms in total. The number of carboxylic acids is 1. The van der Waals surface area contributed by atoms with E-state index in [4.69, 9.17) is 5.11 Å². The van der Waals surface area contributed by atoms with Crippen molar-refractivity contribution in [2.24, 2.45) is 0 Å². The molecule has 0 bridgehead atoms. The zero-order valence-corrected chi connectivity index (χ0v) is 12.6. The summed E-state index contributed by atoms with van der Waals surface area (Å²) in [5.74, 6) is 0.232. The number of hydrogen-bond donors (Lipinski definition) is 2. The standard InChI is InChI=1S/C13H24N2O3S/c1-13(2)10-15(8-9-19-13)12(18)14-7-5-3-4-6-11(16)17/h3-10H2,1-2H3,(H,14,18)(H,16,17). The van der Waals surface area contributed by atoms with Gasteiger partial charge in [-0.15, -0.1) is 0 Å². The van der Waals surface area contributed by atoms with Gasteiger partial charge in [0.2, 0.25) is 0 Å². The lowest BCUT2D eigenvalue weighted by Crippen LogP contribution is -2.50. The number of unbranched alkanes of at least 4 members (excludes halogenated alkanes) is 2. The van der Waals surface area contributed by atoms with Gasteiger partial charge in [-0.25, -0.2) is 4.79 Å². The summed E-state index contributed by atoms with van der Waals surface area (Å²) in [5, 5.41) is 11.4. The van der Waals surface area contributed by atoms with Crippen LogP contribution in [0.25, 0.3) is 0 Å². The van der Waals surface area contributed by atoms with Crippen LogP contribution in [0.15, 0.2) is 0 Å². The van der Waals surface area contributed by atoms with Crippen LogP contribution in [0.5, 0.6) is 0 Å². The molecule has 0 aromatic rings. The van der Waals surface area contributed by atoms with Crippen molar-refractivity contribution < 1.29 is 14.7 Å². The first-order valence-electron chi connectivity index (χ1n) is 6.79. The van der Waals surface area contributed by atoms with E-state index in [0.717, 1.165) is 31.7 Å². The number of nitrogens with zero attached hydrogens (tertiary/aromatic N) is 1. The molecule has 1 fully saturated rings. The Bertz CT molecular complexity index is 321. The normalized spacial score (nSPS) is 18.1. The van der Waals surface area contributed by atoms with Gasteiger partial charge in [-0.05, 0) is 26.7 Å². The van der Waals surface area contributed by atoms with E-state index >= 15 is 0 Å². The van der Waals surface area contributed by atoms with Gasteiger partial charge in [-0.3, -0.25) is 4.79 Å². The Morgan fingerprint density at radius 3 is 2.68 bits per heavy atom. The minimum Gasteiger partial charge on any atom is -0.481 e. The fraction of sp³-hybridized carbons (Fsp3) is 0.846. The molecular weight excluding hydrogens is 264 g/mol. The van der Waals surface area contributed by atoms with Crippen LogP contribution in [-0.2, 0) is 4.79 Å². The predicted molar refractivity (Wildman–Crippen MR) is 77.6 cm³/mol. The van der Waals surface area contributed by atoms with E-state index in [2.05, 4.69) is 19.2 Å². The SMILES string of the molecule is CC1(C)CN(C(=O)NCCCCCC(=O)O)CCS1. The van der Waals surface area contributed by atoms with E-state index in [1.54, 1.807) is 0 Å². The highest BCUT2D eigenvalue weighted by molar-refractivity contribution is 8.00. The number of thioether (sulfide) groups is 1. The van der Waals surface area contributed by atoms with Crippen molar-refractivity contribution in [3.8, 4) is 0 Å². The monoisotopic (exact) mass is 288 g/mol.